The summed E-state index contributed by atoms with van der Waals surface area (Å²) in [6.07, 6.45) is 1.05. The standard InChI is InChI=1S/C4H8BIO2/c6-4-5-7-2-1-3-8-5/h1-4H2. The highest BCUT2D eigenvalue weighted by atomic mass is 127. The minimum Gasteiger partial charge on any atom is -0.411 e. The molecular weight excluding hydrogens is 218 g/mol. The first-order valence-electron chi connectivity index (χ1n) is 2.72. The van der Waals surface area contributed by atoms with Gasteiger partial charge in [0.15, 0.2) is 0 Å². The van der Waals surface area contributed by atoms with E-state index in [0.29, 0.717) is 0 Å². The third-order valence-corrected chi connectivity index (χ3v) is 1.74. The number of hydrogen-bond donors (Lipinski definition) is 0. The van der Waals surface area contributed by atoms with E-state index < -0.39 is 0 Å². The van der Waals surface area contributed by atoms with Gasteiger partial charge in [-0.15, -0.1) is 0 Å². The summed E-state index contributed by atoms with van der Waals surface area (Å²) in [6, 6.07) is 0. The van der Waals surface area contributed by atoms with Crippen molar-refractivity contribution >= 4 is 29.7 Å². The fourth-order valence-corrected chi connectivity index (χ4v) is 1.13. The number of halogens is 1. The SMILES string of the molecule is ICB1OCCCO1. The second kappa shape index (κ2) is 3.69. The molecule has 1 heterocycles. The Bertz CT molecular complexity index is 65.1. The zero-order chi connectivity index (χ0) is 5.82. The van der Waals surface area contributed by atoms with E-state index in [1.54, 1.807) is 0 Å². The second-order valence-corrected chi connectivity index (χ2v) is 2.56. The van der Waals surface area contributed by atoms with Gasteiger partial charge in [0.05, 0.1) is 0 Å². The lowest BCUT2D eigenvalue weighted by Gasteiger charge is -2.17. The van der Waals surface area contributed by atoms with Crippen molar-refractivity contribution in [2.45, 2.75) is 6.42 Å². The van der Waals surface area contributed by atoms with E-state index in [-0.39, 0.29) is 7.12 Å². The average Bonchev–Trinajstić information content (AvgIpc) is 1.90. The van der Waals surface area contributed by atoms with E-state index in [1.807, 2.05) is 0 Å². The predicted octanol–water partition coefficient (Wildman–Crippen LogP) is 0.886. The van der Waals surface area contributed by atoms with Crippen LogP contribution < -0.4 is 0 Å². The Balaban J connectivity index is 2.13. The highest BCUT2D eigenvalue weighted by Crippen LogP contribution is 2.02. The molecule has 0 unspecified atom stereocenters. The van der Waals surface area contributed by atoms with Gasteiger partial charge in [-0.25, -0.2) is 0 Å². The molecule has 2 nitrogen and oxygen atoms in total. The third-order valence-electron chi connectivity index (χ3n) is 1.02. The minimum absolute atomic E-state index is 0.0735. The molecule has 4 heteroatoms. The van der Waals surface area contributed by atoms with Crippen LogP contribution in [0.1, 0.15) is 6.42 Å². The molecule has 8 heavy (non-hydrogen) atoms. The van der Waals surface area contributed by atoms with Crippen molar-refractivity contribution in [3.8, 4) is 0 Å². The summed E-state index contributed by atoms with van der Waals surface area (Å²) in [7, 11) is 0.0735. The van der Waals surface area contributed by atoms with E-state index in [1.165, 1.54) is 0 Å². The summed E-state index contributed by atoms with van der Waals surface area (Å²) in [5.41, 5.74) is 0. The largest absolute Gasteiger partial charge is 0.467 e. The van der Waals surface area contributed by atoms with E-state index in [9.17, 15) is 0 Å². The summed E-state index contributed by atoms with van der Waals surface area (Å²) < 4.78 is 11.3. The smallest absolute Gasteiger partial charge is 0.411 e. The van der Waals surface area contributed by atoms with Gasteiger partial charge in [0, 0.05) is 17.5 Å². The van der Waals surface area contributed by atoms with Crippen LogP contribution in [-0.4, -0.2) is 24.7 Å². The van der Waals surface area contributed by atoms with Gasteiger partial charge in [-0.1, -0.05) is 22.6 Å². The van der Waals surface area contributed by atoms with Crippen LogP contribution in [0.2, 0.25) is 0 Å². The summed E-state index contributed by atoms with van der Waals surface area (Å²) in [5.74, 6) is 0. The Morgan fingerprint density at radius 2 is 2.00 bits per heavy atom. The molecule has 0 saturated carbocycles. The molecule has 1 fully saturated rings. The molecule has 0 spiro atoms. The molecule has 0 atom stereocenters. The van der Waals surface area contributed by atoms with Crippen LogP contribution in [0.15, 0.2) is 0 Å². The van der Waals surface area contributed by atoms with E-state index >= 15 is 0 Å². The Labute approximate surface area is 63.2 Å². The van der Waals surface area contributed by atoms with Gasteiger partial charge in [-0.2, -0.15) is 0 Å². The Kier molecular flexibility index (Phi) is 3.15. The summed E-state index contributed by atoms with van der Waals surface area (Å²) >= 11 is 2.26. The monoisotopic (exact) mass is 226 g/mol. The highest BCUT2D eigenvalue weighted by Gasteiger charge is 2.18. The molecule has 0 N–H and O–H groups in total. The normalized spacial score (nSPS) is 21.4. The van der Waals surface area contributed by atoms with Crippen molar-refractivity contribution in [1.82, 2.24) is 0 Å². The van der Waals surface area contributed by atoms with Crippen LogP contribution in [0, 0.1) is 0 Å². The molecular formula is C4H8BIO2. The van der Waals surface area contributed by atoms with Crippen LogP contribution in [-0.2, 0) is 9.31 Å². The fourth-order valence-electron chi connectivity index (χ4n) is 0.626. The molecule has 0 aromatic carbocycles. The molecule has 1 rings (SSSR count). The van der Waals surface area contributed by atoms with E-state index in [4.69, 9.17) is 9.31 Å². The fraction of sp³-hybridized carbons (Fsp3) is 1.00. The number of rotatable bonds is 1. The maximum absolute atomic E-state index is 5.20. The second-order valence-electron chi connectivity index (χ2n) is 1.68. The summed E-state index contributed by atoms with van der Waals surface area (Å²) in [5, 5.41) is 0. The van der Waals surface area contributed by atoms with E-state index in [0.717, 1.165) is 24.0 Å². The number of hydrogen-bond acceptors (Lipinski definition) is 2. The number of alkyl halides is 1. The van der Waals surface area contributed by atoms with Crippen molar-refractivity contribution in [1.29, 1.82) is 0 Å². The van der Waals surface area contributed by atoms with Gasteiger partial charge >= 0.3 is 7.12 Å². The lowest BCUT2D eigenvalue weighted by Crippen LogP contribution is -2.31. The summed E-state index contributed by atoms with van der Waals surface area (Å²) in [6.45, 7) is 1.74. The molecule has 1 aliphatic heterocycles. The molecule has 1 saturated heterocycles. The van der Waals surface area contributed by atoms with E-state index in [2.05, 4.69) is 22.6 Å². The van der Waals surface area contributed by atoms with Crippen molar-refractivity contribution in [3.63, 3.8) is 0 Å². The Morgan fingerprint density at radius 3 is 2.38 bits per heavy atom. The van der Waals surface area contributed by atoms with Crippen LogP contribution in [0.4, 0.5) is 0 Å². The molecule has 0 aromatic rings. The topological polar surface area (TPSA) is 18.5 Å². The lowest BCUT2D eigenvalue weighted by molar-refractivity contribution is 0.138. The van der Waals surface area contributed by atoms with Crippen molar-refractivity contribution in [2.24, 2.45) is 0 Å². The van der Waals surface area contributed by atoms with Gasteiger partial charge < -0.3 is 9.31 Å². The highest BCUT2D eigenvalue weighted by molar-refractivity contribution is 14.1. The maximum Gasteiger partial charge on any atom is 0.467 e. The van der Waals surface area contributed by atoms with Crippen molar-refractivity contribution in [2.75, 3.05) is 17.5 Å². The lowest BCUT2D eigenvalue weighted by atomic mass is 9.94. The van der Waals surface area contributed by atoms with Gasteiger partial charge in [0.1, 0.15) is 0 Å². The van der Waals surface area contributed by atoms with Crippen LogP contribution >= 0.6 is 22.6 Å². The molecule has 0 aliphatic carbocycles. The molecule has 46 valence electrons. The van der Waals surface area contributed by atoms with Gasteiger partial charge in [0.2, 0.25) is 0 Å². The average molecular weight is 226 g/mol. The molecule has 0 bridgehead atoms. The van der Waals surface area contributed by atoms with Crippen LogP contribution in [0.25, 0.3) is 0 Å². The van der Waals surface area contributed by atoms with Gasteiger partial charge in [-0.05, 0) is 6.42 Å². The minimum atomic E-state index is 0.0735. The zero-order valence-corrected chi connectivity index (χ0v) is 6.76. The third kappa shape index (κ3) is 1.91. The quantitative estimate of drug-likeness (QED) is 0.375. The molecule has 0 aromatic heterocycles. The van der Waals surface area contributed by atoms with Gasteiger partial charge in [0.25, 0.3) is 0 Å². The Hall–Kier alpha value is 0.715. The predicted molar refractivity (Wildman–Crippen MR) is 41.2 cm³/mol. The van der Waals surface area contributed by atoms with Crippen LogP contribution in [0.3, 0.4) is 0 Å². The first-order valence-corrected chi connectivity index (χ1v) is 4.25. The van der Waals surface area contributed by atoms with Crippen LogP contribution in [0.5, 0.6) is 0 Å². The Morgan fingerprint density at radius 1 is 1.38 bits per heavy atom. The molecule has 0 radical (unpaired) electrons. The zero-order valence-electron chi connectivity index (χ0n) is 4.60. The van der Waals surface area contributed by atoms with Crippen molar-refractivity contribution in [3.05, 3.63) is 0 Å². The maximum atomic E-state index is 5.20. The first-order chi connectivity index (χ1) is 3.93. The molecule has 1 aliphatic rings. The summed E-state index contributed by atoms with van der Waals surface area (Å²) in [4.78, 5) is 0. The first kappa shape index (κ1) is 6.83. The van der Waals surface area contributed by atoms with Crippen molar-refractivity contribution < 1.29 is 9.31 Å². The van der Waals surface area contributed by atoms with Gasteiger partial charge in [-0.3, -0.25) is 0 Å². The molecule has 0 amide bonds.